The third kappa shape index (κ3) is 15.2. The van der Waals surface area contributed by atoms with Gasteiger partial charge in [0.05, 0.1) is 0 Å². The Morgan fingerprint density at radius 1 is 0.438 bits per heavy atom. The van der Waals surface area contributed by atoms with Crippen LogP contribution >= 0.6 is 0 Å². The van der Waals surface area contributed by atoms with Gasteiger partial charge in [-0.05, 0) is 26.2 Å². The van der Waals surface area contributed by atoms with Crippen LogP contribution in [0.1, 0.15) is 162 Å². The van der Waals surface area contributed by atoms with Crippen molar-refractivity contribution in [2.75, 3.05) is 13.1 Å². The molecular formula is C30H60N2. The lowest BCUT2D eigenvalue weighted by Crippen LogP contribution is -2.38. The van der Waals surface area contributed by atoms with E-state index in [9.17, 15) is 0 Å². The molecule has 1 heterocycles. The molecule has 1 aliphatic rings. The van der Waals surface area contributed by atoms with E-state index in [0.29, 0.717) is 6.17 Å². The van der Waals surface area contributed by atoms with E-state index in [-0.39, 0.29) is 0 Å². The summed E-state index contributed by atoms with van der Waals surface area (Å²) in [5, 5.41) is 0. The molecule has 32 heavy (non-hydrogen) atoms. The van der Waals surface area contributed by atoms with Gasteiger partial charge in [-0.1, -0.05) is 136 Å². The van der Waals surface area contributed by atoms with E-state index in [0.717, 1.165) is 6.54 Å². The van der Waals surface area contributed by atoms with Crippen molar-refractivity contribution in [3.05, 3.63) is 12.4 Å². The molecule has 1 aliphatic heterocycles. The average Bonchev–Trinajstić information content (AvgIpc) is 3.20. The highest BCUT2D eigenvalue weighted by atomic mass is 15.4. The smallest absolute Gasteiger partial charge is 0.101 e. The van der Waals surface area contributed by atoms with E-state index < -0.39 is 0 Å². The van der Waals surface area contributed by atoms with Gasteiger partial charge in [0.25, 0.3) is 0 Å². The third-order valence-corrected chi connectivity index (χ3v) is 7.42. The van der Waals surface area contributed by atoms with Gasteiger partial charge in [-0.3, -0.25) is 0 Å². The maximum absolute atomic E-state index is 2.63. The Bertz CT molecular complexity index is 406. The zero-order valence-electron chi connectivity index (χ0n) is 22.6. The molecule has 0 saturated carbocycles. The van der Waals surface area contributed by atoms with Gasteiger partial charge in [0, 0.05) is 25.5 Å². The Labute approximate surface area is 203 Å². The first-order valence-corrected chi connectivity index (χ1v) is 15.0. The highest BCUT2D eigenvalue weighted by Crippen LogP contribution is 2.22. The summed E-state index contributed by atoms with van der Waals surface area (Å²) in [6.07, 6.45) is 36.9. The molecule has 0 bridgehead atoms. The minimum absolute atomic E-state index is 0.637. The summed E-state index contributed by atoms with van der Waals surface area (Å²) in [4.78, 5) is 5.18. The minimum Gasteiger partial charge on any atom is -0.356 e. The van der Waals surface area contributed by atoms with Gasteiger partial charge in [0.1, 0.15) is 6.17 Å². The van der Waals surface area contributed by atoms with Crippen LogP contribution < -0.4 is 0 Å². The number of unbranched alkanes of at least 4 members (excludes halogenated alkanes) is 19. The molecule has 0 aromatic rings. The molecule has 0 aromatic carbocycles. The van der Waals surface area contributed by atoms with Crippen molar-refractivity contribution in [1.29, 1.82) is 0 Å². The topological polar surface area (TPSA) is 6.48 Å². The van der Waals surface area contributed by atoms with Gasteiger partial charge < -0.3 is 9.80 Å². The monoisotopic (exact) mass is 448 g/mol. The second-order valence-corrected chi connectivity index (χ2v) is 10.4. The molecule has 2 nitrogen and oxygen atoms in total. The molecule has 2 heteroatoms. The van der Waals surface area contributed by atoms with Crippen LogP contribution in [0.2, 0.25) is 0 Å². The standard InChI is InChI=1S/C30H60N2/c1-4-7-9-11-12-13-14-15-16-17-18-19-20-21-22-24-26-30-31(6-3)28-29-32(30)27-25-23-10-8-5-2/h28-30H,4-27H2,1-3H3. The molecule has 0 fully saturated rings. The fraction of sp³-hybridized carbons (Fsp3) is 0.933. The first-order valence-electron chi connectivity index (χ1n) is 15.0. The van der Waals surface area contributed by atoms with Gasteiger partial charge >= 0.3 is 0 Å². The fourth-order valence-corrected chi connectivity index (χ4v) is 5.20. The van der Waals surface area contributed by atoms with E-state index in [4.69, 9.17) is 0 Å². The van der Waals surface area contributed by atoms with Crippen molar-refractivity contribution in [2.45, 2.75) is 168 Å². The van der Waals surface area contributed by atoms with Gasteiger partial charge in [-0.2, -0.15) is 0 Å². The molecule has 190 valence electrons. The summed E-state index contributed by atoms with van der Waals surface area (Å²) in [5.74, 6) is 0. The van der Waals surface area contributed by atoms with Crippen molar-refractivity contribution >= 4 is 0 Å². The Kier molecular flexibility index (Phi) is 20.3. The second-order valence-electron chi connectivity index (χ2n) is 10.4. The molecule has 0 aliphatic carbocycles. The van der Waals surface area contributed by atoms with Crippen LogP contribution in [0.15, 0.2) is 12.4 Å². The summed E-state index contributed by atoms with van der Waals surface area (Å²) < 4.78 is 0. The Balaban J connectivity index is 1.92. The highest BCUT2D eigenvalue weighted by molar-refractivity contribution is 4.96. The predicted octanol–water partition coefficient (Wildman–Crippen LogP) is 10.0. The summed E-state index contributed by atoms with van der Waals surface area (Å²) >= 11 is 0. The summed E-state index contributed by atoms with van der Waals surface area (Å²) in [7, 11) is 0. The quantitative estimate of drug-likeness (QED) is 0.135. The van der Waals surface area contributed by atoms with E-state index in [1.54, 1.807) is 0 Å². The largest absolute Gasteiger partial charge is 0.356 e. The summed E-state index contributed by atoms with van der Waals surface area (Å²) in [6.45, 7) is 9.30. The van der Waals surface area contributed by atoms with Crippen LogP contribution in [0, 0.1) is 0 Å². The first kappa shape index (κ1) is 29.4. The van der Waals surface area contributed by atoms with E-state index >= 15 is 0 Å². The zero-order valence-corrected chi connectivity index (χ0v) is 22.6. The molecule has 1 atom stereocenters. The Morgan fingerprint density at radius 2 is 0.812 bits per heavy atom. The Hall–Kier alpha value is -0.660. The molecule has 0 radical (unpaired) electrons. The van der Waals surface area contributed by atoms with Gasteiger partial charge in [-0.25, -0.2) is 0 Å². The molecule has 0 spiro atoms. The molecule has 1 unspecified atom stereocenters. The summed E-state index contributed by atoms with van der Waals surface area (Å²) in [5.41, 5.74) is 0. The van der Waals surface area contributed by atoms with Crippen LogP contribution in [-0.4, -0.2) is 29.1 Å². The van der Waals surface area contributed by atoms with Gasteiger partial charge in [0.15, 0.2) is 0 Å². The number of hydrogen-bond acceptors (Lipinski definition) is 2. The van der Waals surface area contributed by atoms with Crippen molar-refractivity contribution in [3.63, 3.8) is 0 Å². The van der Waals surface area contributed by atoms with Gasteiger partial charge in [-0.15, -0.1) is 0 Å². The molecule has 0 saturated heterocycles. The van der Waals surface area contributed by atoms with E-state index in [2.05, 4.69) is 43.0 Å². The minimum atomic E-state index is 0.637. The van der Waals surface area contributed by atoms with E-state index in [1.165, 1.54) is 148 Å². The zero-order chi connectivity index (χ0) is 23.1. The lowest BCUT2D eigenvalue weighted by molar-refractivity contribution is 0.142. The Morgan fingerprint density at radius 3 is 1.25 bits per heavy atom. The van der Waals surface area contributed by atoms with Crippen LogP contribution in [0.4, 0.5) is 0 Å². The van der Waals surface area contributed by atoms with Crippen LogP contribution in [0.3, 0.4) is 0 Å². The van der Waals surface area contributed by atoms with Crippen LogP contribution in [-0.2, 0) is 0 Å². The van der Waals surface area contributed by atoms with Crippen molar-refractivity contribution in [1.82, 2.24) is 9.80 Å². The molecule has 0 aromatic heterocycles. The number of nitrogens with zero attached hydrogens (tertiary/aromatic N) is 2. The van der Waals surface area contributed by atoms with E-state index in [1.807, 2.05) is 0 Å². The maximum Gasteiger partial charge on any atom is 0.101 e. The average molecular weight is 449 g/mol. The summed E-state index contributed by atoms with van der Waals surface area (Å²) in [6, 6.07) is 0. The molecule has 0 N–H and O–H groups in total. The lowest BCUT2D eigenvalue weighted by Gasteiger charge is -2.32. The van der Waals surface area contributed by atoms with Crippen molar-refractivity contribution in [3.8, 4) is 0 Å². The maximum atomic E-state index is 2.63. The molecule has 0 amide bonds. The number of rotatable bonds is 24. The predicted molar refractivity (Wildman–Crippen MR) is 145 cm³/mol. The van der Waals surface area contributed by atoms with Gasteiger partial charge in [0.2, 0.25) is 0 Å². The third-order valence-electron chi connectivity index (χ3n) is 7.42. The first-order chi connectivity index (χ1) is 15.8. The SMILES string of the molecule is CCCCCCCCCCCCCCCCCCC1N(CC)C=CN1CCCCCCC. The van der Waals surface area contributed by atoms with Crippen molar-refractivity contribution in [2.24, 2.45) is 0 Å². The van der Waals surface area contributed by atoms with Crippen LogP contribution in [0.5, 0.6) is 0 Å². The highest BCUT2D eigenvalue weighted by Gasteiger charge is 2.23. The fourth-order valence-electron chi connectivity index (χ4n) is 5.20. The number of hydrogen-bond donors (Lipinski definition) is 0. The second kappa shape index (κ2) is 22.1. The molecule has 1 rings (SSSR count). The molecular weight excluding hydrogens is 388 g/mol. The normalized spacial score (nSPS) is 15.9. The van der Waals surface area contributed by atoms with Crippen molar-refractivity contribution < 1.29 is 0 Å². The van der Waals surface area contributed by atoms with Crippen LogP contribution in [0.25, 0.3) is 0 Å². The lowest BCUT2D eigenvalue weighted by atomic mass is 10.0.